The van der Waals surface area contributed by atoms with Gasteiger partial charge in [0.05, 0.1) is 0 Å². The summed E-state index contributed by atoms with van der Waals surface area (Å²) in [5.74, 6) is 9.78. The molecule has 1 unspecified atom stereocenters. The minimum atomic E-state index is 0.520. The topological polar surface area (TPSA) is 38.0 Å². The van der Waals surface area contributed by atoms with E-state index in [-0.39, 0.29) is 0 Å². The second kappa shape index (κ2) is 8.37. The molecule has 0 aromatic heterocycles. The van der Waals surface area contributed by atoms with Crippen LogP contribution in [0.15, 0.2) is 0 Å². The van der Waals surface area contributed by atoms with Gasteiger partial charge >= 0.3 is 0 Å². The van der Waals surface area contributed by atoms with E-state index in [0.29, 0.717) is 6.04 Å². The summed E-state index contributed by atoms with van der Waals surface area (Å²) in [6.07, 6.45) is 8.43. The average Bonchev–Trinajstić information content (AvgIpc) is 2.28. The van der Waals surface area contributed by atoms with Gasteiger partial charge in [0.2, 0.25) is 0 Å². The standard InChI is InChI=1S/C13H28N2S/c1-11(2)9-16-10-13(15-14)8-12-6-4-3-5-7-12/h11-13,15H,3-10,14H2,1-2H3. The van der Waals surface area contributed by atoms with Crippen molar-refractivity contribution < 1.29 is 0 Å². The highest BCUT2D eigenvalue weighted by atomic mass is 32.2. The first-order chi connectivity index (χ1) is 7.72. The largest absolute Gasteiger partial charge is 0.271 e. The zero-order chi connectivity index (χ0) is 11.8. The molecule has 3 heteroatoms. The summed E-state index contributed by atoms with van der Waals surface area (Å²) in [4.78, 5) is 0. The highest BCUT2D eigenvalue weighted by Crippen LogP contribution is 2.28. The predicted molar refractivity (Wildman–Crippen MR) is 74.5 cm³/mol. The molecule has 1 saturated carbocycles. The molecule has 1 fully saturated rings. The normalized spacial score (nSPS) is 20.2. The van der Waals surface area contributed by atoms with Crippen LogP contribution in [0.25, 0.3) is 0 Å². The van der Waals surface area contributed by atoms with E-state index in [2.05, 4.69) is 19.3 Å². The first-order valence-corrected chi connectivity index (χ1v) is 7.91. The van der Waals surface area contributed by atoms with Crippen LogP contribution in [0.5, 0.6) is 0 Å². The lowest BCUT2D eigenvalue weighted by atomic mass is 9.85. The Hall–Kier alpha value is 0.270. The third-order valence-electron chi connectivity index (χ3n) is 3.35. The molecule has 16 heavy (non-hydrogen) atoms. The van der Waals surface area contributed by atoms with Crippen LogP contribution in [-0.4, -0.2) is 17.5 Å². The maximum atomic E-state index is 5.64. The van der Waals surface area contributed by atoms with Gasteiger partial charge in [0.1, 0.15) is 0 Å². The van der Waals surface area contributed by atoms with Crippen molar-refractivity contribution in [3.8, 4) is 0 Å². The van der Waals surface area contributed by atoms with Crippen LogP contribution in [0.1, 0.15) is 52.4 Å². The highest BCUT2D eigenvalue weighted by molar-refractivity contribution is 7.99. The first kappa shape index (κ1) is 14.3. The summed E-state index contributed by atoms with van der Waals surface area (Å²) in [6.45, 7) is 4.55. The Morgan fingerprint density at radius 2 is 1.88 bits per heavy atom. The molecule has 0 spiro atoms. The maximum absolute atomic E-state index is 5.64. The number of nitrogens with one attached hydrogen (secondary N) is 1. The van der Waals surface area contributed by atoms with Crippen LogP contribution >= 0.6 is 11.8 Å². The van der Waals surface area contributed by atoms with Gasteiger partial charge in [-0.05, 0) is 24.0 Å². The summed E-state index contributed by atoms with van der Waals surface area (Å²) in [5, 5.41) is 0. The van der Waals surface area contributed by atoms with Crippen molar-refractivity contribution in [1.82, 2.24) is 5.43 Å². The van der Waals surface area contributed by atoms with Crippen LogP contribution in [0.3, 0.4) is 0 Å². The zero-order valence-electron chi connectivity index (χ0n) is 10.9. The fourth-order valence-electron chi connectivity index (χ4n) is 2.46. The van der Waals surface area contributed by atoms with Gasteiger partial charge < -0.3 is 0 Å². The Morgan fingerprint density at radius 3 is 2.44 bits per heavy atom. The van der Waals surface area contributed by atoms with Gasteiger partial charge in [0.25, 0.3) is 0 Å². The number of hydrazine groups is 1. The molecule has 0 amide bonds. The van der Waals surface area contributed by atoms with Gasteiger partial charge in [-0.2, -0.15) is 11.8 Å². The lowest BCUT2D eigenvalue weighted by Crippen LogP contribution is -2.39. The molecule has 1 aliphatic rings. The van der Waals surface area contributed by atoms with E-state index in [9.17, 15) is 0 Å². The van der Waals surface area contributed by atoms with E-state index >= 15 is 0 Å². The van der Waals surface area contributed by atoms with Crippen LogP contribution < -0.4 is 11.3 Å². The number of rotatable bonds is 7. The zero-order valence-corrected chi connectivity index (χ0v) is 11.7. The van der Waals surface area contributed by atoms with Crippen molar-refractivity contribution in [1.29, 1.82) is 0 Å². The van der Waals surface area contributed by atoms with Gasteiger partial charge in [0.15, 0.2) is 0 Å². The van der Waals surface area contributed by atoms with Crippen molar-refractivity contribution in [3.63, 3.8) is 0 Å². The van der Waals surface area contributed by atoms with E-state index in [4.69, 9.17) is 5.84 Å². The molecule has 1 rings (SSSR count). The van der Waals surface area contributed by atoms with Crippen molar-refractivity contribution in [3.05, 3.63) is 0 Å². The Kier molecular flexibility index (Phi) is 7.50. The molecule has 1 atom stereocenters. The quantitative estimate of drug-likeness (QED) is 0.533. The molecule has 96 valence electrons. The molecule has 1 aliphatic carbocycles. The first-order valence-electron chi connectivity index (χ1n) is 6.76. The Labute approximate surface area is 105 Å². The lowest BCUT2D eigenvalue weighted by molar-refractivity contribution is 0.308. The Morgan fingerprint density at radius 1 is 1.19 bits per heavy atom. The second-order valence-corrected chi connectivity index (χ2v) is 6.61. The van der Waals surface area contributed by atoms with Crippen molar-refractivity contribution >= 4 is 11.8 Å². The summed E-state index contributed by atoms with van der Waals surface area (Å²) < 4.78 is 0. The fourth-order valence-corrected chi connectivity index (χ4v) is 3.58. The molecule has 0 aromatic rings. The highest BCUT2D eigenvalue weighted by Gasteiger charge is 2.18. The molecular formula is C13H28N2S. The van der Waals surface area contributed by atoms with Gasteiger partial charge in [-0.15, -0.1) is 0 Å². The molecule has 2 nitrogen and oxygen atoms in total. The van der Waals surface area contributed by atoms with E-state index in [0.717, 1.165) is 11.8 Å². The van der Waals surface area contributed by atoms with E-state index in [1.165, 1.54) is 50.0 Å². The maximum Gasteiger partial charge on any atom is 0.0303 e. The minimum Gasteiger partial charge on any atom is -0.271 e. The minimum absolute atomic E-state index is 0.520. The summed E-state index contributed by atoms with van der Waals surface area (Å²) in [7, 11) is 0. The summed E-state index contributed by atoms with van der Waals surface area (Å²) in [5.41, 5.74) is 3.00. The third kappa shape index (κ3) is 6.12. The van der Waals surface area contributed by atoms with Crippen LogP contribution in [-0.2, 0) is 0 Å². The van der Waals surface area contributed by atoms with Crippen molar-refractivity contribution in [2.24, 2.45) is 17.7 Å². The fraction of sp³-hybridized carbons (Fsp3) is 1.00. The SMILES string of the molecule is CC(C)CSCC(CC1CCCCC1)NN. The third-order valence-corrected chi connectivity index (χ3v) is 4.89. The monoisotopic (exact) mass is 244 g/mol. The summed E-state index contributed by atoms with van der Waals surface area (Å²) >= 11 is 2.04. The van der Waals surface area contributed by atoms with Crippen molar-refractivity contribution in [2.75, 3.05) is 11.5 Å². The van der Waals surface area contributed by atoms with Crippen molar-refractivity contribution in [2.45, 2.75) is 58.4 Å². The number of hydrogen-bond donors (Lipinski definition) is 2. The number of hydrogen-bond acceptors (Lipinski definition) is 3. The molecule has 3 N–H and O–H groups in total. The lowest BCUT2D eigenvalue weighted by Gasteiger charge is -2.26. The van der Waals surface area contributed by atoms with Gasteiger partial charge in [-0.1, -0.05) is 46.0 Å². The van der Waals surface area contributed by atoms with Gasteiger partial charge in [-0.3, -0.25) is 11.3 Å². The molecule has 0 aliphatic heterocycles. The molecular weight excluding hydrogens is 216 g/mol. The molecule has 0 saturated heterocycles. The predicted octanol–water partition coefficient (Wildman–Crippen LogP) is 3.18. The molecule has 0 aromatic carbocycles. The van der Waals surface area contributed by atoms with Crippen LogP contribution in [0.2, 0.25) is 0 Å². The van der Waals surface area contributed by atoms with Crippen LogP contribution in [0.4, 0.5) is 0 Å². The number of nitrogens with two attached hydrogens (primary N) is 1. The van der Waals surface area contributed by atoms with Gasteiger partial charge in [0, 0.05) is 11.8 Å². The van der Waals surface area contributed by atoms with E-state index < -0.39 is 0 Å². The van der Waals surface area contributed by atoms with Crippen LogP contribution in [0, 0.1) is 11.8 Å². The molecule has 0 radical (unpaired) electrons. The van der Waals surface area contributed by atoms with E-state index in [1.807, 2.05) is 11.8 Å². The molecule has 0 bridgehead atoms. The Bertz CT molecular complexity index is 167. The molecule has 0 heterocycles. The smallest absolute Gasteiger partial charge is 0.0303 e. The van der Waals surface area contributed by atoms with Gasteiger partial charge in [-0.25, -0.2) is 0 Å². The second-order valence-electron chi connectivity index (χ2n) is 5.53. The average molecular weight is 244 g/mol. The number of thioether (sulfide) groups is 1. The summed E-state index contributed by atoms with van der Waals surface area (Å²) in [6, 6.07) is 0.520. The van der Waals surface area contributed by atoms with E-state index in [1.54, 1.807) is 0 Å². The Balaban J connectivity index is 2.14.